The number of rotatable bonds is 3. The van der Waals surface area contributed by atoms with E-state index in [9.17, 15) is 4.79 Å². The fourth-order valence-electron chi connectivity index (χ4n) is 2.41. The molecule has 110 valence electrons. The number of benzene rings is 2. The Labute approximate surface area is 126 Å². The molecule has 0 saturated heterocycles. The summed E-state index contributed by atoms with van der Waals surface area (Å²) >= 11 is 0. The second-order valence-corrected chi connectivity index (χ2v) is 5.72. The minimum Gasteiger partial charge on any atom is -0.399 e. The molecule has 0 spiro atoms. The molecule has 0 fully saturated rings. The van der Waals surface area contributed by atoms with Crippen LogP contribution in [0, 0.1) is 13.8 Å². The quantitative estimate of drug-likeness (QED) is 0.826. The van der Waals surface area contributed by atoms with Crippen molar-refractivity contribution in [1.82, 2.24) is 0 Å². The van der Waals surface area contributed by atoms with Crippen LogP contribution in [0.2, 0.25) is 0 Å². The minimum atomic E-state index is -0.115. The van der Waals surface area contributed by atoms with Gasteiger partial charge in [-0.1, -0.05) is 38.1 Å². The van der Waals surface area contributed by atoms with E-state index in [-0.39, 0.29) is 5.91 Å². The lowest BCUT2D eigenvalue weighted by Gasteiger charge is -2.17. The Hall–Kier alpha value is -2.29. The van der Waals surface area contributed by atoms with Gasteiger partial charge in [0, 0.05) is 16.9 Å². The van der Waals surface area contributed by atoms with Crippen molar-refractivity contribution in [3.63, 3.8) is 0 Å². The van der Waals surface area contributed by atoms with Crippen molar-refractivity contribution in [3.8, 4) is 0 Å². The van der Waals surface area contributed by atoms with Crippen LogP contribution in [0.25, 0.3) is 0 Å². The largest absolute Gasteiger partial charge is 0.399 e. The van der Waals surface area contributed by atoms with E-state index in [1.54, 1.807) is 12.1 Å². The van der Waals surface area contributed by atoms with Gasteiger partial charge in [-0.05, 0) is 48.6 Å². The number of nitrogens with two attached hydrogens (primary N) is 1. The van der Waals surface area contributed by atoms with Crippen LogP contribution in [0.5, 0.6) is 0 Å². The number of amides is 1. The fourth-order valence-corrected chi connectivity index (χ4v) is 2.41. The van der Waals surface area contributed by atoms with Gasteiger partial charge >= 0.3 is 0 Å². The monoisotopic (exact) mass is 282 g/mol. The Bertz CT molecular complexity index is 675. The molecule has 0 bridgehead atoms. The number of aryl methyl sites for hydroxylation is 2. The van der Waals surface area contributed by atoms with Crippen molar-refractivity contribution >= 4 is 17.3 Å². The van der Waals surface area contributed by atoms with Crippen molar-refractivity contribution in [2.75, 3.05) is 11.1 Å². The standard InChI is InChI=1S/C18H22N2O/c1-11(2)15-7-5-6-13(4)17(15)20-18(21)16-10-14(19)9-8-12(16)3/h5-11H,19H2,1-4H3,(H,20,21). The molecule has 0 heterocycles. The molecule has 0 aliphatic rings. The molecular formula is C18H22N2O. The lowest BCUT2D eigenvalue weighted by molar-refractivity contribution is 0.102. The van der Waals surface area contributed by atoms with Crippen LogP contribution in [-0.4, -0.2) is 5.91 Å². The number of nitrogen functional groups attached to an aromatic ring is 1. The Morgan fingerprint density at radius 2 is 1.81 bits per heavy atom. The average molecular weight is 282 g/mol. The van der Waals surface area contributed by atoms with E-state index in [1.807, 2.05) is 32.0 Å². The molecular weight excluding hydrogens is 260 g/mol. The highest BCUT2D eigenvalue weighted by Crippen LogP contribution is 2.28. The number of para-hydroxylation sites is 1. The van der Waals surface area contributed by atoms with Gasteiger partial charge in [-0.25, -0.2) is 0 Å². The lowest BCUT2D eigenvalue weighted by atomic mass is 9.97. The van der Waals surface area contributed by atoms with Crippen LogP contribution in [0.4, 0.5) is 11.4 Å². The maximum Gasteiger partial charge on any atom is 0.256 e. The summed E-state index contributed by atoms with van der Waals surface area (Å²) in [7, 11) is 0. The SMILES string of the molecule is Cc1ccc(N)cc1C(=O)Nc1c(C)cccc1C(C)C. The van der Waals surface area contributed by atoms with Gasteiger partial charge in [0.05, 0.1) is 0 Å². The molecule has 21 heavy (non-hydrogen) atoms. The van der Waals surface area contributed by atoms with E-state index in [1.165, 1.54) is 0 Å². The zero-order chi connectivity index (χ0) is 15.6. The molecule has 2 rings (SSSR count). The number of anilines is 2. The van der Waals surface area contributed by atoms with Crippen molar-refractivity contribution in [2.45, 2.75) is 33.6 Å². The van der Waals surface area contributed by atoms with Crippen molar-refractivity contribution < 1.29 is 4.79 Å². The normalized spacial score (nSPS) is 10.7. The van der Waals surface area contributed by atoms with Gasteiger partial charge in [0.2, 0.25) is 0 Å². The van der Waals surface area contributed by atoms with Gasteiger partial charge in [0.1, 0.15) is 0 Å². The van der Waals surface area contributed by atoms with Gasteiger partial charge in [-0.3, -0.25) is 4.79 Å². The summed E-state index contributed by atoms with van der Waals surface area (Å²) < 4.78 is 0. The lowest BCUT2D eigenvalue weighted by Crippen LogP contribution is -2.16. The van der Waals surface area contributed by atoms with Gasteiger partial charge in [0.15, 0.2) is 0 Å². The molecule has 2 aromatic carbocycles. The second kappa shape index (κ2) is 6.00. The number of hydrogen-bond donors (Lipinski definition) is 2. The third kappa shape index (κ3) is 3.24. The summed E-state index contributed by atoms with van der Waals surface area (Å²) in [5, 5.41) is 3.05. The molecule has 3 N–H and O–H groups in total. The molecule has 2 aromatic rings. The maximum absolute atomic E-state index is 12.5. The van der Waals surface area contributed by atoms with Gasteiger partial charge in [-0.15, -0.1) is 0 Å². The van der Waals surface area contributed by atoms with Crippen molar-refractivity contribution in [2.24, 2.45) is 0 Å². The second-order valence-electron chi connectivity index (χ2n) is 5.72. The number of carbonyl (C=O) groups is 1. The van der Waals surface area contributed by atoms with Crippen molar-refractivity contribution in [1.29, 1.82) is 0 Å². The Morgan fingerprint density at radius 1 is 1.10 bits per heavy atom. The first-order valence-electron chi connectivity index (χ1n) is 7.17. The summed E-state index contributed by atoms with van der Waals surface area (Å²) in [5.41, 5.74) is 11.0. The summed E-state index contributed by atoms with van der Waals surface area (Å²) in [4.78, 5) is 12.5. The Morgan fingerprint density at radius 3 is 2.48 bits per heavy atom. The predicted octanol–water partition coefficient (Wildman–Crippen LogP) is 4.26. The molecule has 0 atom stereocenters. The smallest absolute Gasteiger partial charge is 0.256 e. The molecule has 0 aliphatic carbocycles. The summed E-state index contributed by atoms with van der Waals surface area (Å²) in [6, 6.07) is 11.5. The van der Waals surface area contributed by atoms with Crippen LogP contribution in [-0.2, 0) is 0 Å². The first-order valence-corrected chi connectivity index (χ1v) is 7.17. The maximum atomic E-state index is 12.5. The molecule has 0 aromatic heterocycles. The number of nitrogens with one attached hydrogen (secondary N) is 1. The summed E-state index contributed by atoms with van der Waals surface area (Å²) in [6.45, 7) is 8.16. The highest BCUT2D eigenvalue weighted by Gasteiger charge is 2.14. The zero-order valence-corrected chi connectivity index (χ0v) is 13.0. The third-order valence-corrected chi connectivity index (χ3v) is 3.67. The summed E-state index contributed by atoms with van der Waals surface area (Å²) in [5.74, 6) is 0.234. The molecule has 0 radical (unpaired) electrons. The van der Waals surface area contributed by atoms with Crippen LogP contribution in [0.15, 0.2) is 36.4 Å². The topological polar surface area (TPSA) is 55.1 Å². The number of hydrogen-bond acceptors (Lipinski definition) is 2. The molecule has 3 nitrogen and oxygen atoms in total. The molecule has 0 unspecified atom stereocenters. The van der Waals surface area contributed by atoms with E-state index in [2.05, 4.69) is 25.2 Å². The zero-order valence-electron chi connectivity index (χ0n) is 13.0. The van der Waals surface area contributed by atoms with Crippen LogP contribution in [0.3, 0.4) is 0 Å². The highest BCUT2D eigenvalue weighted by atomic mass is 16.1. The molecule has 0 saturated carbocycles. The Kier molecular flexibility index (Phi) is 4.32. The van der Waals surface area contributed by atoms with E-state index >= 15 is 0 Å². The average Bonchev–Trinajstić information content (AvgIpc) is 2.43. The van der Waals surface area contributed by atoms with Gasteiger partial charge < -0.3 is 11.1 Å². The van der Waals surface area contributed by atoms with Crippen LogP contribution >= 0.6 is 0 Å². The first kappa shape index (κ1) is 15.1. The summed E-state index contributed by atoms with van der Waals surface area (Å²) in [6.07, 6.45) is 0. The van der Waals surface area contributed by atoms with E-state index in [0.29, 0.717) is 17.2 Å². The van der Waals surface area contributed by atoms with E-state index in [4.69, 9.17) is 5.73 Å². The van der Waals surface area contributed by atoms with Crippen LogP contribution < -0.4 is 11.1 Å². The minimum absolute atomic E-state index is 0.115. The Balaban J connectivity index is 2.38. The predicted molar refractivity (Wildman–Crippen MR) is 88.8 cm³/mol. The first-order chi connectivity index (χ1) is 9.90. The van der Waals surface area contributed by atoms with Crippen molar-refractivity contribution in [3.05, 3.63) is 58.7 Å². The highest BCUT2D eigenvalue weighted by molar-refractivity contribution is 6.06. The molecule has 3 heteroatoms. The van der Waals surface area contributed by atoms with Crippen LogP contribution in [0.1, 0.15) is 46.8 Å². The molecule has 1 amide bonds. The molecule has 0 aliphatic heterocycles. The van der Waals surface area contributed by atoms with Gasteiger partial charge in [-0.2, -0.15) is 0 Å². The van der Waals surface area contributed by atoms with E-state index < -0.39 is 0 Å². The third-order valence-electron chi connectivity index (χ3n) is 3.67. The number of carbonyl (C=O) groups excluding carboxylic acids is 1. The fraction of sp³-hybridized carbons (Fsp3) is 0.278. The van der Waals surface area contributed by atoms with E-state index in [0.717, 1.165) is 22.4 Å². The van der Waals surface area contributed by atoms with Gasteiger partial charge in [0.25, 0.3) is 5.91 Å².